The first-order valence-corrected chi connectivity index (χ1v) is 8.34. The van der Waals surface area contributed by atoms with Gasteiger partial charge in [-0.1, -0.05) is 12.1 Å². The summed E-state index contributed by atoms with van der Waals surface area (Å²) in [5.41, 5.74) is 1.61. The Morgan fingerprint density at radius 3 is 2.25 bits per heavy atom. The van der Waals surface area contributed by atoms with Gasteiger partial charge < -0.3 is 19.3 Å². The smallest absolute Gasteiger partial charge is 0.399 e. The molecule has 1 N–H and O–H groups in total. The fourth-order valence-corrected chi connectivity index (χ4v) is 2.74. The normalized spacial score (nSPS) is 20.1. The summed E-state index contributed by atoms with van der Waals surface area (Å²) in [5, 5.41) is 9.45. The molecule has 1 aliphatic rings. The number of aryl methyl sites for hydroxylation is 1. The van der Waals surface area contributed by atoms with E-state index in [-0.39, 0.29) is 5.91 Å². The molecule has 24 heavy (non-hydrogen) atoms. The van der Waals surface area contributed by atoms with Crippen LogP contribution in [0, 0.1) is 6.92 Å². The highest BCUT2D eigenvalue weighted by molar-refractivity contribution is 6.62. The van der Waals surface area contributed by atoms with Gasteiger partial charge in [-0.2, -0.15) is 0 Å². The lowest BCUT2D eigenvalue weighted by atomic mass is 9.78. The second-order valence-corrected chi connectivity index (χ2v) is 7.70. The molecule has 0 spiro atoms. The van der Waals surface area contributed by atoms with Gasteiger partial charge in [0.2, 0.25) is 0 Å². The van der Waals surface area contributed by atoms with Gasteiger partial charge >= 0.3 is 7.12 Å². The van der Waals surface area contributed by atoms with Gasteiger partial charge in [0.15, 0.2) is 0 Å². The first-order chi connectivity index (χ1) is 10.9. The van der Waals surface area contributed by atoms with Crippen LogP contribution in [0.15, 0.2) is 18.2 Å². The number of aliphatic hydroxyl groups is 1. The zero-order valence-electron chi connectivity index (χ0n) is 15.7. The van der Waals surface area contributed by atoms with Crippen LogP contribution in [0.3, 0.4) is 0 Å². The van der Waals surface area contributed by atoms with E-state index in [1.54, 1.807) is 20.0 Å². The molecule has 0 aliphatic carbocycles. The van der Waals surface area contributed by atoms with E-state index in [9.17, 15) is 9.90 Å². The summed E-state index contributed by atoms with van der Waals surface area (Å²) < 4.78 is 12.1. The van der Waals surface area contributed by atoms with E-state index in [4.69, 9.17) is 9.31 Å². The molecule has 132 valence electrons. The Balaban J connectivity index is 2.21. The average molecular weight is 333 g/mol. The standard InChI is InChI=1S/C18H28BNO4/c1-12-10-14(19-23-17(3,4)18(5,6)24-19)8-9-15(12)16(22)20(7)11-13(2)21/h8-10,13,21H,11H2,1-7H3/t13-/m1/s1. The molecule has 0 radical (unpaired) electrons. The van der Waals surface area contributed by atoms with Crippen molar-refractivity contribution in [2.75, 3.05) is 13.6 Å². The van der Waals surface area contributed by atoms with Crippen LogP contribution < -0.4 is 5.46 Å². The molecule has 6 heteroatoms. The largest absolute Gasteiger partial charge is 0.494 e. The second kappa shape index (κ2) is 6.50. The molecule has 0 unspecified atom stereocenters. The molecule has 1 fully saturated rings. The van der Waals surface area contributed by atoms with Crippen molar-refractivity contribution < 1.29 is 19.2 Å². The topological polar surface area (TPSA) is 59.0 Å². The lowest BCUT2D eigenvalue weighted by molar-refractivity contribution is 0.00578. The van der Waals surface area contributed by atoms with Crippen LogP contribution in [0.5, 0.6) is 0 Å². The predicted molar refractivity (Wildman–Crippen MR) is 95.5 cm³/mol. The van der Waals surface area contributed by atoms with Gasteiger partial charge in [-0.3, -0.25) is 4.79 Å². The van der Waals surface area contributed by atoms with E-state index in [1.807, 2.05) is 46.8 Å². The van der Waals surface area contributed by atoms with E-state index in [2.05, 4.69) is 0 Å². The molecule has 1 heterocycles. The minimum Gasteiger partial charge on any atom is -0.399 e. The summed E-state index contributed by atoms with van der Waals surface area (Å²) in [6.45, 7) is 11.9. The van der Waals surface area contributed by atoms with Crippen LogP contribution in [0.25, 0.3) is 0 Å². The molecular formula is C18H28BNO4. The molecule has 1 aliphatic heterocycles. The van der Waals surface area contributed by atoms with Crippen LogP contribution in [0.4, 0.5) is 0 Å². The van der Waals surface area contributed by atoms with Gasteiger partial charge in [0.25, 0.3) is 5.91 Å². The quantitative estimate of drug-likeness (QED) is 0.853. The molecule has 1 aromatic carbocycles. The van der Waals surface area contributed by atoms with Crippen LogP contribution in [0.2, 0.25) is 0 Å². The lowest BCUT2D eigenvalue weighted by Gasteiger charge is -2.32. The SMILES string of the molecule is Cc1cc(B2OC(C)(C)C(C)(C)O2)ccc1C(=O)N(C)C[C@@H](C)O. The van der Waals surface area contributed by atoms with Gasteiger partial charge in [-0.15, -0.1) is 0 Å². The number of carbonyl (C=O) groups is 1. The van der Waals surface area contributed by atoms with Gasteiger partial charge in [0.05, 0.1) is 17.3 Å². The van der Waals surface area contributed by atoms with Gasteiger partial charge in [-0.25, -0.2) is 0 Å². The minimum atomic E-state index is -0.553. The highest BCUT2D eigenvalue weighted by Gasteiger charge is 2.51. The predicted octanol–water partition coefficient (Wildman–Crippen LogP) is 1.75. The molecule has 0 saturated carbocycles. The maximum atomic E-state index is 12.5. The van der Waals surface area contributed by atoms with Crippen LogP contribution in [0.1, 0.15) is 50.5 Å². The summed E-state index contributed by atoms with van der Waals surface area (Å²) in [6, 6.07) is 5.61. The van der Waals surface area contributed by atoms with E-state index < -0.39 is 24.4 Å². The number of hydrogen-bond acceptors (Lipinski definition) is 4. The number of rotatable bonds is 4. The number of benzene rings is 1. The van der Waals surface area contributed by atoms with E-state index in [0.29, 0.717) is 12.1 Å². The molecule has 1 aromatic rings. The molecule has 0 bridgehead atoms. The van der Waals surface area contributed by atoms with Crippen LogP contribution >= 0.6 is 0 Å². The molecule has 2 rings (SSSR count). The third-order valence-electron chi connectivity index (χ3n) is 4.89. The van der Waals surface area contributed by atoms with Crippen molar-refractivity contribution in [2.45, 2.75) is 58.8 Å². The minimum absolute atomic E-state index is 0.103. The maximum Gasteiger partial charge on any atom is 0.494 e. The number of amides is 1. The van der Waals surface area contributed by atoms with E-state index in [0.717, 1.165) is 11.0 Å². The lowest BCUT2D eigenvalue weighted by Crippen LogP contribution is -2.41. The molecule has 1 amide bonds. The number of hydrogen-bond donors (Lipinski definition) is 1. The van der Waals surface area contributed by atoms with Crippen molar-refractivity contribution >= 4 is 18.5 Å². The fourth-order valence-electron chi connectivity index (χ4n) is 2.74. The van der Waals surface area contributed by atoms with Crippen molar-refractivity contribution in [1.29, 1.82) is 0 Å². The van der Waals surface area contributed by atoms with Crippen molar-refractivity contribution in [1.82, 2.24) is 4.90 Å². The zero-order valence-corrected chi connectivity index (χ0v) is 15.7. The summed E-state index contributed by atoms with van der Waals surface area (Å²) in [7, 11) is 1.25. The zero-order chi connectivity index (χ0) is 18.3. The highest BCUT2D eigenvalue weighted by Crippen LogP contribution is 2.36. The second-order valence-electron chi connectivity index (χ2n) is 7.70. The van der Waals surface area contributed by atoms with E-state index in [1.165, 1.54) is 4.90 Å². The number of carbonyl (C=O) groups excluding carboxylic acids is 1. The van der Waals surface area contributed by atoms with Crippen LogP contribution in [-0.4, -0.2) is 53.9 Å². The van der Waals surface area contributed by atoms with Gasteiger partial charge in [0.1, 0.15) is 0 Å². The maximum absolute atomic E-state index is 12.5. The Labute approximate surface area is 145 Å². The molecule has 0 aromatic heterocycles. The van der Waals surface area contributed by atoms with Gasteiger partial charge in [-0.05, 0) is 58.6 Å². The third-order valence-corrected chi connectivity index (χ3v) is 4.89. The molecule has 5 nitrogen and oxygen atoms in total. The summed E-state index contributed by atoms with van der Waals surface area (Å²) in [6.07, 6.45) is -0.553. The third kappa shape index (κ3) is 3.66. The van der Waals surface area contributed by atoms with Gasteiger partial charge in [0, 0.05) is 19.2 Å². The number of aliphatic hydroxyl groups excluding tert-OH is 1. The van der Waals surface area contributed by atoms with Crippen molar-refractivity contribution in [3.05, 3.63) is 29.3 Å². The molecule has 1 atom stereocenters. The molecule has 1 saturated heterocycles. The first kappa shape index (κ1) is 19.0. The first-order valence-electron chi connectivity index (χ1n) is 8.34. The Kier molecular flexibility index (Phi) is 5.14. The monoisotopic (exact) mass is 333 g/mol. The number of nitrogens with zero attached hydrogens (tertiary/aromatic N) is 1. The Morgan fingerprint density at radius 1 is 1.25 bits per heavy atom. The summed E-state index contributed by atoms with van der Waals surface area (Å²) in [4.78, 5) is 14.0. The Bertz CT molecular complexity index is 611. The van der Waals surface area contributed by atoms with Crippen molar-refractivity contribution in [2.24, 2.45) is 0 Å². The number of likely N-dealkylation sites (N-methyl/N-ethyl adjacent to an activating group) is 1. The fraction of sp³-hybridized carbons (Fsp3) is 0.611. The molecular weight excluding hydrogens is 305 g/mol. The Hall–Kier alpha value is -1.37. The van der Waals surface area contributed by atoms with Crippen molar-refractivity contribution in [3.8, 4) is 0 Å². The Morgan fingerprint density at radius 2 is 1.79 bits per heavy atom. The van der Waals surface area contributed by atoms with Crippen LogP contribution in [-0.2, 0) is 9.31 Å². The highest BCUT2D eigenvalue weighted by atomic mass is 16.7. The summed E-state index contributed by atoms with van der Waals surface area (Å²) in [5.74, 6) is -0.103. The van der Waals surface area contributed by atoms with E-state index >= 15 is 0 Å². The summed E-state index contributed by atoms with van der Waals surface area (Å²) >= 11 is 0. The van der Waals surface area contributed by atoms with Crippen molar-refractivity contribution in [3.63, 3.8) is 0 Å². The average Bonchev–Trinajstić information content (AvgIpc) is 2.66.